The van der Waals surface area contributed by atoms with Gasteiger partial charge in [0.25, 0.3) is 0 Å². The minimum Gasteiger partial charge on any atom is -0.422 e. The van der Waals surface area contributed by atoms with Crippen LogP contribution < -0.4 is 4.74 Å². The predicted molar refractivity (Wildman–Crippen MR) is 81.6 cm³/mol. The number of ether oxygens (including phenoxy) is 1. The van der Waals surface area contributed by atoms with E-state index in [-0.39, 0.29) is 5.97 Å². The highest BCUT2D eigenvalue weighted by Gasteiger charge is 2.21. The SMILES string of the molecule is CC1CCc2sc(C(=O)Oc3ccc(C#N)cc3)cc2C1. The standard InChI is InChI=1S/C17H15NO2S/c1-11-2-7-15-13(8-11)9-16(21-15)17(19)20-14-5-3-12(10-18)4-6-14/h3-6,9,11H,2,7-8H2,1H3. The van der Waals surface area contributed by atoms with Gasteiger partial charge in [-0.2, -0.15) is 5.26 Å². The van der Waals surface area contributed by atoms with Crippen molar-refractivity contribution in [2.45, 2.75) is 26.2 Å². The van der Waals surface area contributed by atoms with E-state index in [1.54, 1.807) is 35.6 Å². The van der Waals surface area contributed by atoms with Crippen LogP contribution in [-0.2, 0) is 12.8 Å². The van der Waals surface area contributed by atoms with Gasteiger partial charge in [0.15, 0.2) is 0 Å². The molecule has 1 aliphatic rings. The average Bonchev–Trinajstić information content (AvgIpc) is 2.91. The number of esters is 1. The number of hydrogen-bond acceptors (Lipinski definition) is 4. The van der Waals surface area contributed by atoms with Crippen molar-refractivity contribution in [2.75, 3.05) is 0 Å². The summed E-state index contributed by atoms with van der Waals surface area (Å²) in [5.74, 6) is 0.847. The third-order valence-electron chi connectivity index (χ3n) is 3.72. The van der Waals surface area contributed by atoms with Gasteiger partial charge in [0.05, 0.1) is 11.6 Å². The third-order valence-corrected chi connectivity index (χ3v) is 4.94. The lowest BCUT2D eigenvalue weighted by Crippen LogP contribution is -2.08. The lowest BCUT2D eigenvalue weighted by Gasteiger charge is -2.16. The fourth-order valence-electron chi connectivity index (χ4n) is 2.56. The van der Waals surface area contributed by atoms with Crippen LogP contribution in [0.3, 0.4) is 0 Å². The first-order valence-electron chi connectivity index (χ1n) is 6.99. The Bertz CT molecular complexity index is 709. The van der Waals surface area contributed by atoms with Crippen LogP contribution in [0.1, 0.15) is 39.0 Å². The lowest BCUT2D eigenvalue weighted by atomic mass is 9.90. The molecule has 1 atom stereocenters. The Balaban J connectivity index is 1.75. The normalized spacial score (nSPS) is 16.9. The Morgan fingerprint density at radius 1 is 1.38 bits per heavy atom. The summed E-state index contributed by atoms with van der Waals surface area (Å²) in [5, 5.41) is 8.75. The first-order chi connectivity index (χ1) is 10.2. The van der Waals surface area contributed by atoms with Gasteiger partial charge in [0.1, 0.15) is 10.6 Å². The number of nitriles is 1. The molecule has 0 saturated carbocycles. The Kier molecular flexibility index (Phi) is 3.76. The van der Waals surface area contributed by atoms with Crippen molar-refractivity contribution in [3.63, 3.8) is 0 Å². The zero-order chi connectivity index (χ0) is 14.8. The lowest BCUT2D eigenvalue weighted by molar-refractivity contribution is 0.0739. The molecule has 0 amide bonds. The van der Waals surface area contributed by atoms with E-state index in [0.717, 1.165) is 12.8 Å². The van der Waals surface area contributed by atoms with Crippen LogP contribution in [0, 0.1) is 17.2 Å². The van der Waals surface area contributed by atoms with Gasteiger partial charge in [-0.25, -0.2) is 4.79 Å². The van der Waals surface area contributed by atoms with Crippen LogP contribution in [0.5, 0.6) is 5.75 Å². The molecule has 3 rings (SSSR count). The van der Waals surface area contributed by atoms with Crippen molar-refractivity contribution in [1.82, 2.24) is 0 Å². The summed E-state index contributed by atoms with van der Waals surface area (Å²) in [4.78, 5) is 14.2. The van der Waals surface area contributed by atoms with Gasteiger partial charge in [-0.05, 0) is 61.1 Å². The zero-order valence-electron chi connectivity index (χ0n) is 11.8. The van der Waals surface area contributed by atoms with Gasteiger partial charge < -0.3 is 4.74 Å². The molecule has 2 aromatic rings. The van der Waals surface area contributed by atoms with Crippen LogP contribution in [0.2, 0.25) is 0 Å². The first kappa shape index (κ1) is 13.8. The summed E-state index contributed by atoms with van der Waals surface area (Å²) in [7, 11) is 0. The molecule has 21 heavy (non-hydrogen) atoms. The van der Waals surface area contributed by atoms with E-state index >= 15 is 0 Å². The van der Waals surface area contributed by atoms with E-state index in [1.807, 2.05) is 12.1 Å². The highest BCUT2D eigenvalue weighted by molar-refractivity contribution is 7.14. The molecule has 1 aromatic carbocycles. The van der Waals surface area contributed by atoms with Crippen LogP contribution >= 0.6 is 11.3 Å². The van der Waals surface area contributed by atoms with Crippen LogP contribution in [0.15, 0.2) is 30.3 Å². The minimum absolute atomic E-state index is 0.313. The molecule has 1 aromatic heterocycles. The smallest absolute Gasteiger partial charge is 0.353 e. The van der Waals surface area contributed by atoms with Crippen molar-refractivity contribution in [3.8, 4) is 11.8 Å². The molecule has 1 aliphatic carbocycles. The van der Waals surface area contributed by atoms with E-state index in [4.69, 9.17) is 10.00 Å². The molecule has 1 heterocycles. The zero-order valence-corrected chi connectivity index (χ0v) is 12.6. The second kappa shape index (κ2) is 5.71. The summed E-state index contributed by atoms with van der Waals surface area (Å²) < 4.78 is 5.37. The number of carbonyl (C=O) groups is 1. The molecule has 0 radical (unpaired) electrons. The fourth-order valence-corrected chi connectivity index (χ4v) is 3.65. The van der Waals surface area contributed by atoms with Gasteiger partial charge in [0, 0.05) is 4.88 Å². The van der Waals surface area contributed by atoms with E-state index in [1.165, 1.54) is 16.9 Å². The summed E-state index contributed by atoms with van der Waals surface area (Å²) in [6.45, 7) is 2.25. The molecule has 0 aliphatic heterocycles. The van der Waals surface area contributed by atoms with Gasteiger partial charge >= 0.3 is 5.97 Å². The number of benzene rings is 1. The van der Waals surface area contributed by atoms with Crippen molar-refractivity contribution >= 4 is 17.3 Å². The number of thiophene rings is 1. The van der Waals surface area contributed by atoms with Crippen molar-refractivity contribution < 1.29 is 9.53 Å². The summed E-state index contributed by atoms with van der Waals surface area (Å²) >= 11 is 1.55. The monoisotopic (exact) mass is 297 g/mol. The summed E-state index contributed by atoms with van der Waals surface area (Å²) in [6.07, 6.45) is 3.30. The van der Waals surface area contributed by atoms with E-state index in [2.05, 4.69) is 6.92 Å². The molecule has 0 spiro atoms. The van der Waals surface area contributed by atoms with Crippen LogP contribution in [0.4, 0.5) is 0 Å². The highest BCUT2D eigenvalue weighted by Crippen LogP contribution is 2.32. The molecule has 0 N–H and O–H groups in total. The number of nitrogens with zero attached hydrogens (tertiary/aromatic N) is 1. The second-order valence-electron chi connectivity index (χ2n) is 5.43. The molecule has 0 saturated heterocycles. The van der Waals surface area contributed by atoms with Gasteiger partial charge in [0.2, 0.25) is 0 Å². The minimum atomic E-state index is -0.313. The number of rotatable bonds is 2. The molecule has 3 nitrogen and oxygen atoms in total. The fraction of sp³-hybridized carbons (Fsp3) is 0.294. The first-order valence-corrected chi connectivity index (χ1v) is 7.81. The molecule has 0 fully saturated rings. The maximum atomic E-state index is 12.2. The van der Waals surface area contributed by atoms with E-state index < -0.39 is 0 Å². The number of aryl methyl sites for hydroxylation is 1. The Hall–Kier alpha value is -2.12. The predicted octanol–water partition coefficient (Wildman–Crippen LogP) is 3.96. The van der Waals surface area contributed by atoms with Gasteiger partial charge in [-0.15, -0.1) is 11.3 Å². The summed E-state index contributed by atoms with van der Waals surface area (Å²) in [5.41, 5.74) is 1.85. The maximum Gasteiger partial charge on any atom is 0.353 e. The third kappa shape index (κ3) is 2.98. The molecule has 4 heteroatoms. The second-order valence-corrected chi connectivity index (χ2v) is 6.57. The molecule has 1 unspecified atom stereocenters. The topological polar surface area (TPSA) is 50.1 Å². The molecule has 106 valence electrons. The molecular formula is C17H15NO2S. The van der Waals surface area contributed by atoms with Crippen LogP contribution in [0.25, 0.3) is 0 Å². The molecular weight excluding hydrogens is 282 g/mol. The average molecular weight is 297 g/mol. The molecule has 0 bridgehead atoms. The van der Waals surface area contributed by atoms with Crippen molar-refractivity contribution in [1.29, 1.82) is 5.26 Å². The maximum absolute atomic E-state index is 12.2. The number of carbonyl (C=O) groups excluding carboxylic acids is 1. The quantitative estimate of drug-likeness (QED) is 0.622. The highest BCUT2D eigenvalue weighted by atomic mass is 32.1. The van der Waals surface area contributed by atoms with Crippen molar-refractivity contribution in [3.05, 3.63) is 51.2 Å². The van der Waals surface area contributed by atoms with Crippen molar-refractivity contribution in [2.24, 2.45) is 5.92 Å². The summed E-state index contributed by atoms with van der Waals surface area (Å²) in [6, 6.07) is 10.6. The van der Waals surface area contributed by atoms with E-state index in [0.29, 0.717) is 22.1 Å². The van der Waals surface area contributed by atoms with E-state index in [9.17, 15) is 4.79 Å². The number of fused-ring (bicyclic) bond motifs is 1. The Morgan fingerprint density at radius 3 is 2.86 bits per heavy atom. The largest absolute Gasteiger partial charge is 0.422 e. The number of hydrogen-bond donors (Lipinski definition) is 0. The van der Waals surface area contributed by atoms with Crippen LogP contribution in [-0.4, -0.2) is 5.97 Å². The van der Waals surface area contributed by atoms with Gasteiger partial charge in [-0.1, -0.05) is 6.92 Å². The van der Waals surface area contributed by atoms with Gasteiger partial charge in [-0.3, -0.25) is 0 Å². The Morgan fingerprint density at radius 2 is 2.14 bits per heavy atom. The Labute approximate surface area is 127 Å².